The first-order chi connectivity index (χ1) is 9.88. The summed E-state index contributed by atoms with van der Waals surface area (Å²) in [6, 6.07) is 8.68. The van der Waals surface area contributed by atoms with Crippen molar-refractivity contribution in [2.45, 2.75) is 41.5 Å². The molecule has 0 saturated heterocycles. The van der Waals surface area contributed by atoms with E-state index < -0.39 is 0 Å². The van der Waals surface area contributed by atoms with Crippen molar-refractivity contribution in [3.63, 3.8) is 0 Å². The van der Waals surface area contributed by atoms with Gasteiger partial charge in [-0.3, -0.25) is 0 Å². The van der Waals surface area contributed by atoms with E-state index in [2.05, 4.69) is 75.3 Å². The van der Waals surface area contributed by atoms with Crippen LogP contribution in [0.15, 0.2) is 33.8 Å². The zero-order chi connectivity index (χ0) is 15.6. The third kappa shape index (κ3) is 3.77. The average Bonchev–Trinajstić information content (AvgIpc) is 2.34. The summed E-state index contributed by atoms with van der Waals surface area (Å²) in [5, 5.41) is 0. The van der Waals surface area contributed by atoms with Gasteiger partial charge in [0.05, 0.1) is 0 Å². The molecule has 0 aliphatic rings. The third-order valence-corrected chi connectivity index (χ3v) is 4.14. The molecule has 2 nitrogen and oxygen atoms in total. The van der Waals surface area contributed by atoms with Crippen LogP contribution in [-0.2, 0) is 0 Å². The zero-order valence-electron chi connectivity index (χ0n) is 13.7. The summed E-state index contributed by atoms with van der Waals surface area (Å²) >= 11 is 0. The number of rotatable bonds is 2. The standard InChI is InChI=1S/C18H22N2P/c1-11-7-13(3)17(14(4)8-11)19-21-20-18-15(5)9-12(2)10-16(18)6/h7-10H,1-6H3. The number of hydrogen-bond donors (Lipinski definition) is 0. The Hall–Kier alpha value is -1.53. The van der Waals surface area contributed by atoms with Crippen LogP contribution in [0.25, 0.3) is 0 Å². The second-order valence-electron chi connectivity index (χ2n) is 5.78. The number of benzene rings is 2. The molecule has 0 saturated carbocycles. The topological polar surface area (TPSA) is 24.7 Å². The molecular formula is C18H22N2P. The van der Waals surface area contributed by atoms with E-state index in [4.69, 9.17) is 0 Å². The Bertz CT molecular complexity index is 646. The molecule has 0 aliphatic carbocycles. The van der Waals surface area contributed by atoms with Crippen molar-refractivity contribution in [2.24, 2.45) is 9.49 Å². The average molecular weight is 297 g/mol. The summed E-state index contributed by atoms with van der Waals surface area (Å²) in [5.41, 5.74) is 9.55. The molecule has 0 heterocycles. The Morgan fingerprint density at radius 2 is 0.857 bits per heavy atom. The van der Waals surface area contributed by atoms with Crippen LogP contribution in [0, 0.1) is 41.5 Å². The molecule has 0 N–H and O–H groups in total. The van der Waals surface area contributed by atoms with Crippen LogP contribution in [0.3, 0.4) is 0 Å². The molecule has 0 aliphatic heterocycles. The molecule has 2 aromatic rings. The fourth-order valence-electron chi connectivity index (χ4n) is 2.77. The normalized spacial score (nSPS) is 10.4. The number of aryl methyl sites for hydroxylation is 6. The first-order valence-corrected chi connectivity index (χ1v) is 7.96. The van der Waals surface area contributed by atoms with E-state index in [1.807, 2.05) is 0 Å². The molecule has 0 bridgehead atoms. The van der Waals surface area contributed by atoms with Crippen LogP contribution in [-0.4, -0.2) is 0 Å². The van der Waals surface area contributed by atoms with Crippen LogP contribution >= 0.6 is 8.16 Å². The summed E-state index contributed by atoms with van der Waals surface area (Å²) in [7, 11) is 0.747. The Morgan fingerprint density at radius 3 is 1.14 bits per heavy atom. The van der Waals surface area contributed by atoms with E-state index in [1.165, 1.54) is 33.4 Å². The van der Waals surface area contributed by atoms with Gasteiger partial charge in [-0.25, -0.2) is 0 Å². The van der Waals surface area contributed by atoms with Crippen LogP contribution in [0.5, 0.6) is 0 Å². The summed E-state index contributed by atoms with van der Waals surface area (Å²) < 4.78 is 9.30. The van der Waals surface area contributed by atoms with E-state index in [1.54, 1.807) is 0 Å². The van der Waals surface area contributed by atoms with Crippen LogP contribution < -0.4 is 0 Å². The molecule has 0 amide bonds. The number of nitrogens with zero attached hydrogens (tertiary/aromatic N) is 2. The van der Waals surface area contributed by atoms with E-state index >= 15 is 0 Å². The van der Waals surface area contributed by atoms with Crippen molar-refractivity contribution in [3.8, 4) is 0 Å². The van der Waals surface area contributed by atoms with Crippen molar-refractivity contribution in [2.75, 3.05) is 0 Å². The van der Waals surface area contributed by atoms with E-state index in [-0.39, 0.29) is 0 Å². The molecule has 109 valence electrons. The van der Waals surface area contributed by atoms with E-state index in [0.717, 1.165) is 19.5 Å². The minimum atomic E-state index is 0.747. The molecule has 0 unspecified atom stereocenters. The summed E-state index contributed by atoms with van der Waals surface area (Å²) in [4.78, 5) is 0. The Kier molecular flexibility index (Phi) is 4.90. The monoisotopic (exact) mass is 297 g/mol. The van der Waals surface area contributed by atoms with Crippen LogP contribution in [0.2, 0.25) is 0 Å². The number of hydrogen-bond acceptors (Lipinski definition) is 2. The zero-order valence-corrected chi connectivity index (χ0v) is 14.5. The molecule has 21 heavy (non-hydrogen) atoms. The molecule has 0 spiro atoms. The summed E-state index contributed by atoms with van der Waals surface area (Å²) in [5.74, 6) is 0. The predicted molar refractivity (Wildman–Crippen MR) is 92.4 cm³/mol. The first kappa shape index (κ1) is 15.9. The van der Waals surface area contributed by atoms with Crippen molar-refractivity contribution < 1.29 is 0 Å². The molecule has 0 atom stereocenters. The van der Waals surface area contributed by atoms with Gasteiger partial charge in [0.15, 0.2) is 0 Å². The van der Waals surface area contributed by atoms with Gasteiger partial charge in [0.25, 0.3) is 0 Å². The maximum atomic E-state index is 4.65. The molecule has 2 rings (SSSR count). The third-order valence-electron chi connectivity index (χ3n) is 3.56. The van der Waals surface area contributed by atoms with Gasteiger partial charge in [-0.15, -0.1) is 0 Å². The van der Waals surface area contributed by atoms with Gasteiger partial charge in [0.2, 0.25) is 0 Å². The van der Waals surface area contributed by atoms with Crippen LogP contribution in [0.4, 0.5) is 11.4 Å². The SMILES string of the molecule is Cc1cc(C)c(N=[P]=Nc2c(C)cc(C)cc2C)c(C)c1. The molecule has 0 aromatic heterocycles. The van der Waals surface area contributed by atoms with Gasteiger partial charge in [0, 0.05) is 0 Å². The predicted octanol–water partition coefficient (Wildman–Crippen LogP) is 6.81. The van der Waals surface area contributed by atoms with E-state index in [9.17, 15) is 0 Å². The fourth-order valence-corrected chi connectivity index (χ4v) is 3.63. The maximum absolute atomic E-state index is 4.65. The molecule has 1 radical (unpaired) electrons. The van der Waals surface area contributed by atoms with Gasteiger partial charge in [-0.05, 0) is 0 Å². The minimum absolute atomic E-state index is 0.747. The van der Waals surface area contributed by atoms with Crippen molar-refractivity contribution >= 4 is 19.5 Å². The second kappa shape index (κ2) is 6.49. The van der Waals surface area contributed by atoms with Crippen LogP contribution in [0.1, 0.15) is 33.4 Å². The van der Waals surface area contributed by atoms with Gasteiger partial charge >= 0.3 is 128 Å². The fraction of sp³-hybridized carbons (Fsp3) is 0.333. The van der Waals surface area contributed by atoms with Gasteiger partial charge in [-0.1, -0.05) is 0 Å². The van der Waals surface area contributed by atoms with Gasteiger partial charge in [-0.2, -0.15) is 0 Å². The van der Waals surface area contributed by atoms with Gasteiger partial charge < -0.3 is 0 Å². The molecule has 3 heteroatoms. The Morgan fingerprint density at radius 1 is 0.571 bits per heavy atom. The van der Waals surface area contributed by atoms with Crippen molar-refractivity contribution in [3.05, 3.63) is 57.6 Å². The quantitative estimate of drug-likeness (QED) is 0.544. The van der Waals surface area contributed by atoms with Crippen molar-refractivity contribution in [1.82, 2.24) is 0 Å². The summed E-state index contributed by atoms with van der Waals surface area (Å²) in [6.07, 6.45) is 0. The van der Waals surface area contributed by atoms with Crippen molar-refractivity contribution in [1.29, 1.82) is 0 Å². The molecule has 0 fully saturated rings. The molecular weight excluding hydrogens is 275 g/mol. The Labute approximate surface area is 128 Å². The first-order valence-electron chi connectivity index (χ1n) is 7.16. The second-order valence-corrected chi connectivity index (χ2v) is 6.36. The van der Waals surface area contributed by atoms with Gasteiger partial charge in [0.1, 0.15) is 0 Å². The Balaban J connectivity index is 2.43. The summed E-state index contributed by atoms with van der Waals surface area (Å²) in [6.45, 7) is 12.7. The van der Waals surface area contributed by atoms with E-state index in [0.29, 0.717) is 0 Å². The molecule has 2 aromatic carbocycles.